The molecule has 75 heavy (non-hydrogen) atoms. The summed E-state index contributed by atoms with van der Waals surface area (Å²) in [7, 11) is -2.84. The quantitative estimate of drug-likeness (QED) is 0.0285. The Kier molecular flexibility index (Phi) is 27.0. The Bertz CT molecular complexity index is 2520. The number of aromatic amines is 1. The third-order valence-corrected chi connectivity index (χ3v) is 12.9. The van der Waals surface area contributed by atoms with E-state index in [9.17, 15) is 42.3 Å². The molecule has 2 atom stereocenters. The Labute approximate surface area is 436 Å². The average Bonchev–Trinajstić information content (AvgIpc) is 4.05. The SMILES string of the molecule is COCCNC(=O)CC[C@@H](NC(C)=O)C(=O)NCCCOCCOCCOCCCNC(=O)CCCOc1cc(C)c(S(=O)(=O)N[C@@H](CNC(=O)c2ccc3c(cnn3CCCNc3ncc[nH]3)c2)C(=O)O)c(C)c1. The summed E-state index contributed by atoms with van der Waals surface area (Å²) in [4.78, 5) is 80.7. The van der Waals surface area contributed by atoms with E-state index in [-0.39, 0.29) is 60.0 Å². The molecule has 0 saturated heterocycles. The lowest BCUT2D eigenvalue weighted by molar-refractivity contribution is -0.138. The zero-order valence-electron chi connectivity index (χ0n) is 43.1. The summed E-state index contributed by atoms with van der Waals surface area (Å²) in [5.41, 5.74) is 1.69. The summed E-state index contributed by atoms with van der Waals surface area (Å²) < 4.78 is 58.5. The number of H-pyrrole nitrogens is 1. The van der Waals surface area contributed by atoms with Gasteiger partial charge in [0.1, 0.15) is 17.8 Å². The highest BCUT2D eigenvalue weighted by Gasteiger charge is 2.29. The number of sulfonamides is 1. The first-order valence-electron chi connectivity index (χ1n) is 24.8. The van der Waals surface area contributed by atoms with E-state index in [0.717, 1.165) is 11.9 Å². The van der Waals surface area contributed by atoms with Gasteiger partial charge in [0.15, 0.2) is 5.95 Å². The third kappa shape index (κ3) is 22.7. The van der Waals surface area contributed by atoms with Crippen molar-refractivity contribution in [1.29, 1.82) is 0 Å². The molecule has 0 aliphatic carbocycles. The van der Waals surface area contributed by atoms with Crippen molar-refractivity contribution in [3.63, 3.8) is 0 Å². The first-order valence-corrected chi connectivity index (χ1v) is 26.3. The van der Waals surface area contributed by atoms with Crippen molar-refractivity contribution in [1.82, 2.24) is 51.1 Å². The number of amides is 5. The molecule has 0 aliphatic heterocycles. The lowest BCUT2D eigenvalue weighted by Crippen LogP contribution is -2.48. The Balaban J connectivity index is 1.03. The molecular formula is C49H73N11O14S. The minimum Gasteiger partial charge on any atom is -0.494 e. The van der Waals surface area contributed by atoms with E-state index < -0.39 is 40.5 Å². The van der Waals surface area contributed by atoms with Gasteiger partial charge in [0.25, 0.3) is 5.91 Å². The van der Waals surface area contributed by atoms with Gasteiger partial charge in [0.05, 0.1) is 56.3 Å². The Hall–Kier alpha value is -6.71. The number of methoxy groups -OCH3 is 1. The van der Waals surface area contributed by atoms with Crippen LogP contribution >= 0.6 is 0 Å². The fourth-order valence-corrected chi connectivity index (χ4v) is 9.12. The number of aliphatic carboxylic acids is 1. The number of nitrogens with one attached hydrogen (secondary N) is 8. The number of aryl methyl sites for hydroxylation is 3. The van der Waals surface area contributed by atoms with Gasteiger partial charge in [-0.25, -0.2) is 13.4 Å². The molecule has 0 spiro atoms. The van der Waals surface area contributed by atoms with Crippen LogP contribution in [0.25, 0.3) is 10.9 Å². The van der Waals surface area contributed by atoms with Crippen molar-refractivity contribution >= 4 is 62.4 Å². The number of carbonyl (C=O) groups is 6. The van der Waals surface area contributed by atoms with Crippen LogP contribution in [0.3, 0.4) is 0 Å². The maximum Gasteiger partial charge on any atom is 0.323 e. The van der Waals surface area contributed by atoms with Gasteiger partial charge in [0, 0.05) is 103 Å². The maximum atomic E-state index is 13.5. The van der Waals surface area contributed by atoms with Crippen molar-refractivity contribution < 1.29 is 66.0 Å². The van der Waals surface area contributed by atoms with Crippen LogP contribution in [0.2, 0.25) is 0 Å². The van der Waals surface area contributed by atoms with Crippen molar-refractivity contribution in [2.75, 3.05) is 98.0 Å². The van der Waals surface area contributed by atoms with E-state index in [1.165, 1.54) is 26.2 Å². The topological polar surface area (TPSA) is 334 Å². The highest BCUT2D eigenvalue weighted by molar-refractivity contribution is 7.89. The largest absolute Gasteiger partial charge is 0.494 e. The summed E-state index contributed by atoms with van der Waals surface area (Å²) in [6.07, 6.45) is 7.77. The minimum atomic E-state index is -4.37. The second-order valence-electron chi connectivity index (χ2n) is 17.2. The van der Waals surface area contributed by atoms with E-state index in [2.05, 4.69) is 51.7 Å². The van der Waals surface area contributed by atoms with Gasteiger partial charge in [-0.15, -0.1) is 0 Å². The second-order valence-corrected chi connectivity index (χ2v) is 18.9. The maximum absolute atomic E-state index is 13.5. The monoisotopic (exact) mass is 1070 g/mol. The number of anilines is 1. The van der Waals surface area contributed by atoms with Crippen LogP contribution < -0.4 is 41.4 Å². The number of carbonyl (C=O) groups excluding carboxylic acids is 5. The van der Waals surface area contributed by atoms with Crippen molar-refractivity contribution in [3.8, 4) is 5.75 Å². The highest BCUT2D eigenvalue weighted by Crippen LogP contribution is 2.26. The van der Waals surface area contributed by atoms with Crippen molar-refractivity contribution in [3.05, 3.63) is 65.6 Å². The van der Waals surface area contributed by atoms with Gasteiger partial charge in [-0.2, -0.15) is 9.82 Å². The molecule has 414 valence electrons. The lowest BCUT2D eigenvalue weighted by atomic mass is 10.1. The number of aromatic nitrogens is 4. The number of ether oxygens (including phenoxy) is 5. The number of hydrogen-bond acceptors (Lipinski definition) is 16. The van der Waals surface area contributed by atoms with E-state index in [1.807, 2.05) is 4.68 Å². The summed E-state index contributed by atoms with van der Waals surface area (Å²) in [5.74, 6) is -2.13. The number of imidazole rings is 1. The smallest absolute Gasteiger partial charge is 0.323 e. The molecule has 9 N–H and O–H groups in total. The summed E-state index contributed by atoms with van der Waals surface area (Å²) >= 11 is 0. The van der Waals surface area contributed by atoms with Crippen LogP contribution in [0.15, 0.2) is 53.8 Å². The molecule has 0 fully saturated rings. The van der Waals surface area contributed by atoms with E-state index in [0.29, 0.717) is 126 Å². The zero-order valence-corrected chi connectivity index (χ0v) is 43.9. The Morgan fingerprint density at radius 3 is 2.08 bits per heavy atom. The molecule has 2 aromatic heterocycles. The number of fused-ring (bicyclic) bond motifs is 1. The van der Waals surface area contributed by atoms with E-state index in [1.54, 1.807) is 50.6 Å². The molecule has 0 saturated carbocycles. The summed E-state index contributed by atoms with van der Waals surface area (Å²) in [6.45, 7) is 9.14. The molecule has 5 amide bonds. The van der Waals surface area contributed by atoms with E-state index >= 15 is 0 Å². The summed E-state index contributed by atoms with van der Waals surface area (Å²) in [5, 5.41) is 31.6. The van der Waals surface area contributed by atoms with E-state index in [4.69, 9.17) is 23.7 Å². The number of benzene rings is 2. The molecule has 25 nitrogen and oxygen atoms in total. The standard InChI is InChI=1S/C49H73N11O14S/c1-34-29-39(74-23-5-9-43(62)50-15-7-21-71-25-27-73-28-26-72-22-8-16-52-47(65)40(58-36(3)61)11-13-44(63)51-19-24-70-4)30-35(2)45(34)75(68,69)59-41(48(66)67)33-56-46(64)37-10-12-42-38(31-37)32-57-60(42)20-6-14-53-49-54-17-18-55-49/h10,12,17-18,29-32,40-41,59H,5-9,11,13-16,19-28,33H2,1-4H3,(H,50,62)(H,51,63)(H,52,65)(H,56,64)(H,58,61)(H,66,67)(H2,53,54,55)/t40-,41+/m1/s1. The Morgan fingerprint density at radius 2 is 1.43 bits per heavy atom. The van der Waals surface area contributed by atoms with Crippen LogP contribution in [-0.2, 0) is 59.5 Å². The van der Waals surface area contributed by atoms with Crippen LogP contribution in [0, 0.1) is 13.8 Å². The van der Waals surface area contributed by atoms with Crippen molar-refractivity contribution in [2.24, 2.45) is 0 Å². The van der Waals surface area contributed by atoms with Gasteiger partial charge in [-0.3, -0.25) is 33.4 Å². The molecular weight excluding hydrogens is 999 g/mol. The highest BCUT2D eigenvalue weighted by atomic mass is 32.2. The molecule has 2 aromatic carbocycles. The molecule has 4 aromatic rings. The number of carboxylic acids is 1. The number of carboxylic acid groups (broad SMARTS) is 1. The molecule has 4 rings (SSSR count). The van der Waals surface area contributed by atoms with Gasteiger partial charge in [-0.1, -0.05) is 0 Å². The molecule has 0 radical (unpaired) electrons. The average molecular weight is 1070 g/mol. The normalized spacial score (nSPS) is 12.2. The number of hydrogen-bond donors (Lipinski definition) is 9. The van der Waals surface area contributed by atoms with Crippen LogP contribution in [0.5, 0.6) is 5.75 Å². The molecule has 0 unspecified atom stereocenters. The second kappa shape index (κ2) is 33.3. The van der Waals surface area contributed by atoms with Crippen LogP contribution in [0.4, 0.5) is 5.95 Å². The lowest BCUT2D eigenvalue weighted by Gasteiger charge is -2.19. The van der Waals surface area contributed by atoms with Gasteiger partial charge >= 0.3 is 5.97 Å². The third-order valence-electron chi connectivity index (χ3n) is 11.1. The van der Waals surface area contributed by atoms with Crippen LogP contribution in [-0.4, -0.2) is 174 Å². The summed E-state index contributed by atoms with van der Waals surface area (Å²) in [6, 6.07) is 5.53. The van der Waals surface area contributed by atoms with Gasteiger partial charge in [-0.05, 0) is 87.4 Å². The molecule has 0 aliphatic rings. The zero-order chi connectivity index (χ0) is 54.4. The van der Waals surface area contributed by atoms with Gasteiger partial charge < -0.3 is 65.7 Å². The minimum absolute atomic E-state index is 0.0795. The number of rotatable bonds is 39. The number of nitrogens with zero attached hydrogens (tertiary/aromatic N) is 3. The van der Waals surface area contributed by atoms with Crippen LogP contribution in [0.1, 0.15) is 73.4 Å². The van der Waals surface area contributed by atoms with Crippen molar-refractivity contribution in [2.45, 2.75) is 89.2 Å². The predicted octanol–water partition coefficient (Wildman–Crippen LogP) is 1.31. The molecule has 0 bridgehead atoms. The fourth-order valence-electron chi connectivity index (χ4n) is 7.48. The molecule has 26 heteroatoms. The van der Waals surface area contributed by atoms with Gasteiger partial charge in [0.2, 0.25) is 33.7 Å². The predicted molar refractivity (Wildman–Crippen MR) is 276 cm³/mol. The Morgan fingerprint density at radius 1 is 0.760 bits per heavy atom. The molecule has 2 heterocycles. The first-order chi connectivity index (χ1) is 36.1. The fraction of sp³-hybridized carbons (Fsp3) is 0.551. The first kappa shape index (κ1) is 60.8.